The number of hydrogen-bond acceptors (Lipinski definition) is 2. The van der Waals surface area contributed by atoms with Gasteiger partial charge in [-0.05, 0) is 54.4 Å². The highest BCUT2D eigenvalue weighted by molar-refractivity contribution is 6.04. The third-order valence-electron chi connectivity index (χ3n) is 6.04. The highest BCUT2D eigenvalue weighted by Gasteiger charge is 2.43. The lowest BCUT2D eigenvalue weighted by atomic mass is 9.95. The Morgan fingerprint density at radius 3 is 2.63 bits per heavy atom. The molecule has 3 heterocycles. The van der Waals surface area contributed by atoms with Crippen LogP contribution in [0.2, 0.25) is 0 Å². The van der Waals surface area contributed by atoms with Gasteiger partial charge in [0.25, 0.3) is 5.91 Å². The number of fused-ring (bicyclic) bond motifs is 6. The lowest BCUT2D eigenvalue weighted by Gasteiger charge is -2.47. The number of hydrogen-bond donors (Lipinski definition) is 1. The SMILES string of the molecule is O=C1c2ccc(F)cc2N(c2cccc(F)c2)C2c3[nH]c4ccccc4c3CCN12. The van der Waals surface area contributed by atoms with Crippen LogP contribution in [-0.2, 0) is 6.42 Å². The standard InChI is InChI=1S/C24H17F2N3O/c25-14-4-3-5-16(12-14)29-21-13-15(26)8-9-19(21)24(30)28-11-10-18-17-6-1-2-7-20(17)27-22(18)23(28)29/h1-9,12-13,23,27H,10-11H2. The molecule has 0 saturated heterocycles. The Balaban J connectivity index is 1.65. The fraction of sp³-hybridized carbons (Fsp3) is 0.125. The predicted octanol–water partition coefficient (Wildman–Crippen LogP) is 5.29. The Morgan fingerprint density at radius 2 is 1.77 bits per heavy atom. The largest absolute Gasteiger partial charge is 0.355 e. The van der Waals surface area contributed by atoms with Gasteiger partial charge in [-0.25, -0.2) is 8.78 Å². The number of carbonyl (C=O) groups excluding carboxylic acids is 1. The number of halogens is 2. The Labute approximate surface area is 171 Å². The summed E-state index contributed by atoms with van der Waals surface area (Å²) in [4.78, 5) is 20.4. The summed E-state index contributed by atoms with van der Waals surface area (Å²) in [6.07, 6.45) is 0.208. The van der Waals surface area contributed by atoms with Crippen LogP contribution in [0.15, 0.2) is 66.7 Å². The van der Waals surface area contributed by atoms with Gasteiger partial charge >= 0.3 is 0 Å². The Morgan fingerprint density at radius 1 is 0.933 bits per heavy atom. The Kier molecular flexibility index (Phi) is 3.53. The van der Waals surface area contributed by atoms with Crippen LogP contribution < -0.4 is 4.90 Å². The van der Waals surface area contributed by atoms with Crippen LogP contribution in [0.25, 0.3) is 10.9 Å². The molecule has 1 amide bonds. The van der Waals surface area contributed by atoms with Crippen molar-refractivity contribution in [2.75, 3.05) is 11.4 Å². The molecule has 0 saturated carbocycles. The van der Waals surface area contributed by atoms with Gasteiger partial charge in [-0.15, -0.1) is 0 Å². The van der Waals surface area contributed by atoms with Gasteiger partial charge in [-0.3, -0.25) is 4.79 Å². The van der Waals surface area contributed by atoms with E-state index in [1.54, 1.807) is 17.0 Å². The molecule has 6 heteroatoms. The number of anilines is 2. The van der Waals surface area contributed by atoms with Gasteiger partial charge in [-0.1, -0.05) is 24.3 Å². The summed E-state index contributed by atoms with van der Waals surface area (Å²) >= 11 is 0. The van der Waals surface area contributed by atoms with E-state index in [0.717, 1.165) is 28.6 Å². The first-order valence-electron chi connectivity index (χ1n) is 9.86. The van der Waals surface area contributed by atoms with E-state index in [0.29, 0.717) is 23.5 Å². The summed E-state index contributed by atoms with van der Waals surface area (Å²) in [5.74, 6) is -0.974. The van der Waals surface area contributed by atoms with Crippen molar-refractivity contribution in [2.24, 2.45) is 0 Å². The molecule has 0 fully saturated rings. The predicted molar refractivity (Wildman–Crippen MR) is 111 cm³/mol. The van der Waals surface area contributed by atoms with E-state index < -0.39 is 12.0 Å². The molecule has 1 N–H and O–H groups in total. The van der Waals surface area contributed by atoms with Gasteiger partial charge in [0, 0.05) is 23.1 Å². The average molecular weight is 401 g/mol. The number of nitrogens with one attached hydrogen (secondary N) is 1. The fourth-order valence-corrected chi connectivity index (χ4v) is 4.78. The van der Waals surface area contributed by atoms with Crippen LogP contribution in [0.1, 0.15) is 27.8 Å². The van der Waals surface area contributed by atoms with E-state index >= 15 is 0 Å². The normalized spacial score (nSPS) is 17.7. The Bertz CT molecular complexity index is 1330. The minimum Gasteiger partial charge on any atom is -0.355 e. The molecule has 30 heavy (non-hydrogen) atoms. The van der Waals surface area contributed by atoms with Gasteiger partial charge in [0.15, 0.2) is 6.17 Å². The minimum absolute atomic E-state index is 0.146. The third-order valence-corrected chi connectivity index (χ3v) is 6.04. The molecule has 1 aromatic heterocycles. The van der Waals surface area contributed by atoms with Crippen LogP contribution in [0.4, 0.5) is 20.2 Å². The molecule has 6 rings (SSSR count). The van der Waals surface area contributed by atoms with Crippen molar-refractivity contribution in [1.29, 1.82) is 0 Å². The van der Waals surface area contributed by atoms with Gasteiger partial charge in [0.1, 0.15) is 11.6 Å². The maximum atomic E-state index is 14.2. The number of rotatable bonds is 1. The molecule has 1 atom stereocenters. The molecule has 4 aromatic rings. The van der Waals surface area contributed by atoms with Gasteiger partial charge in [0.05, 0.1) is 16.9 Å². The molecule has 3 aromatic carbocycles. The van der Waals surface area contributed by atoms with E-state index in [2.05, 4.69) is 11.1 Å². The van der Waals surface area contributed by atoms with Crippen molar-refractivity contribution in [3.63, 3.8) is 0 Å². The van der Waals surface area contributed by atoms with Gasteiger partial charge in [0.2, 0.25) is 0 Å². The second kappa shape index (κ2) is 6.16. The second-order valence-corrected chi connectivity index (χ2v) is 7.70. The maximum Gasteiger partial charge on any atom is 0.257 e. The summed E-state index contributed by atoms with van der Waals surface area (Å²) in [6.45, 7) is 0.529. The highest BCUT2D eigenvalue weighted by atomic mass is 19.1. The van der Waals surface area contributed by atoms with E-state index in [-0.39, 0.29) is 11.7 Å². The number of aromatic amines is 1. The van der Waals surface area contributed by atoms with E-state index in [9.17, 15) is 13.6 Å². The molecule has 0 aliphatic carbocycles. The molecule has 2 aliphatic rings. The first kappa shape index (κ1) is 17.2. The second-order valence-electron chi connectivity index (χ2n) is 7.70. The molecular weight excluding hydrogens is 384 g/mol. The zero-order valence-electron chi connectivity index (χ0n) is 15.9. The fourth-order valence-electron chi connectivity index (χ4n) is 4.78. The van der Waals surface area contributed by atoms with Crippen molar-refractivity contribution < 1.29 is 13.6 Å². The zero-order chi connectivity index (χ0) is 20.4. The maximum absolute atomic E-state index is 14.2. The first-order chi connectivity index (χ1) is 14.6. The lowest BCUT2D eigenvalue weighted by Crippen LogP contribution is -2.50. The topological polar surface area (TPSA) is 39.3 Å². The van der Waals surface area contributed by atoms with Crippen molar-refractivity contribution in [3.05, 3.63) is 95.2 Å². The number of aromatic nitrogens is 1. The molecule has 2 aliphatic heterocycles. The molecule has 0 bridgehead atoms. The van der Waals surface area contributed by atoms with E-state index in [1.807, 2.05) is 23.1 Å². The summed E-state index contributed by atoms with van der Waals surface area (Å²) in [5, 5.41) is 1.11. The third kappa shape index (κ3) is 2.33. The summed E-state index contributed by atoms with van der Waals surface area (Å²) in [6, 6.07) is 18.4. The summed E-state index contributed by atoms with van der Waals surface area (Å²) in [7, 11) is 0. The number of amides is 1. The molecular formula is C24H17F2N3O. The number of carbonyl (C=O) groups is 1. The monoisotopic (exact) mass is 401 g/mol. The first-order valence-corrected chi connectivity index (χ1v) is 9.86. The van der Waals surface area contributed by atoms with E-state index in [4.69, 9.17) is 0 Å². The van der Waals surface area contributed by atoms with E-state index in [1.165, 1.54) is 30.3 Å². The van der Waals surface area contributed by atoms with Crippen molar-refractivity contribution in [2.45, 2.75) is 12.6 Å². The van der Waals surface area contributed by atoms with Gasteiger partial charge < -0.3 is 14.8 Å². The number of para-hydroxylation sites is 1. The van der Waals surface area contributed by atoms with Gasteiger partial charge in [-0.2, -0.15) is 0 Å². The lowest BCUT2D eigenvalue weighted by molar-refractivity contribution is 0.0641. The number of nitrogens with zero attached hydrogens (tertiary/aromatic N) is 2. The van der Waals surface area contributed by atoms with Crippen LogP contribution in [0.5, 0.6) is 0 Å². The smallest absolute Gasteiger partial charge is 0.257 e. The van der Waals surface area contributed by atoms with Crippen LogP contribution in [0.3, 0.4) is 0 Å². The summed E-state index contributed by atoms with van der Waals surface area (Å²) < 4.78 is 28.4. The molecule has 0 spiro atoms. The molecule has 0 radical (unpaired) electrons. The quantitative estimate of drug-likeness (QED) is 0.470. The van der Waals surface area contributed by atoms with Crippen molar-refractivity contribution in [3.8, 4) is 0 Å². The molecule has 148 valence electrons. The number of H-pyrrole nitrogens is 1. The summed E-state index contributed by atoms with van der Waals surface area (Å²) in [5.41, 5.74) is 4.43. The average Bonchev–Trinajstić information content (AvgIpc) is 3.13. The minimum atomic E-state index is -0.509. The molecule has 1 unspecified atom stereocenters. The highest BCUT2D eigenvalue weighted by Crippen LogP contribution is 2.47. The van der Waals surface area contributed by atoms with Crippen molar-refractivity contribution in [1.82, 2.24) is 9.88 Å². The Hall–Kier alpha value is -3.67. The van der Waals surface area contributed by atoms with Crippen LogP contribution in [0, 0.1) is 11.6 Å². The zero-order valence-corrected chi connectivity index (χ0v) is 15.9. The number of benzene rings is 3. The van der Waals surface area contributed by atoms with Crippen LogP contribution >= 0.6 is 0 Å². The van der Waals surface area contributed by atoms with Crippen molar-refractivity contribution >= 4 is 28.2 Å². The van der Waals surface area contributed by atoms with Crippen LogP contribution in [-0.4, -0.2) is 22.3 Å². The molecule has 4 nitrogen and oxygen atoms in total.